The highest BCUT2D eigenvalue weighted by Gasteiger charge is 2.48. The van der Waals surface area contributed by atoms with Crippen LogP contribution in [0.4, 0.5) is 4.79 Å². The summed E-state index contributed by atoms with van der Waals surface area (Å²) in [4.78, 5) is 16.9. The number of likely N-dealkylation sites (tertiary alicyclic amines) is 1. The second kappa shape index (κ2) is 7.53. The molecule has 24 heavy (non-hydrogen) atoms. The quantitative estimate of drug-likeness (QED) is 0.920. The lowest BCUT2D eigenvalue weighted by atomic mass is 9.72. The molecule has 5 nitrogen and oxygen atoms in total. The van der Waals surface area contributed by atoms with Gasteiger partial charge in [-0.15, -0.1) is 0 Å². The first kappa shape index (κ1) is 17.2. The maximum Gasteiger partial charge on any atom is 0.317 e. The topological polar surface area (TPSA) is 44.8 Å². The summed E-state index contributed by atoms with van der Waals surface area (Å²) in [5.74, 6) is 0.527. The maximum atomic E-state index is 12.6. The molecule has 0 saturated carbocycles. The summed E-state index contributed by atoms with van der Waals surface area (Å²) in [7, 11) is 4.23. The van der Waals surface area contributed by atoms with Crippen LogP contribution in [0.1, 0.15) is 18.4 Å². The summed E-state index contributed by atoms with van der Waals surface area (Å²) >= 11 is 0. The molecule has 2 fully saturated rings. The lowest BCUT2D eigenvalue weighted by molar-refractivity contribution is -0.00395. The van der Waals surface area contributed by atoms with Gasteiger partial charge in [-0.1, -0.05) is 30.3 Å². The van der Waals surface area contributed by atoms with Crippen LogP contribution in [0.15, 0.2) is 30.3 Å². The van der Waals surface area contributed by atoms with E-state index >= 15 is 0 Å². The standard InChI is InChI=1S/C19H29N3O2/c1-21(2)13-17-14-22(15-19(17)8-10-24-11-9-19)18(23)20-12-16-6-4-3-5-7-16/h3-7,17H,8-15H2,1-2H3,(H,20,23). The third kappa shape index (κ3) is 3.90. The normalized spacial score (nSPS) is 23.0. The van der Waals surface area contributed by atoms with Gasteiger partial charge in [0.15, 0.2) is 0 Å². The highest BCUT2D eigenvalue weighted by atomic mass is 16.5. The molecule has 2 heterocycles. The zero-order valence-corrected chi connectivity index (χ0v) is 14.8. The fourth-order valence-corrected chi connectivity index (χ4v) is 4.11. The predicted octanol–water partition coefficient (Wildman–Crippen LogP) is 2.19. The van der Waals surface area contributed by atoms with E-state index in [1.54, 1.807) is 0 Å². The number of urea groups is 1. The maximum absolute atomic E-state index is 12.6. The van der Waals surface area contributed by atoms with Crippen LogP contribution in [0.2, 0.25) is 0 Å². The average molecular weight is 331 g/mol. The Balaban J connectivity index is 1.62. The van der Waals surface area contributed by atoms with Crippen molar-refractivity contribution in [3.05, 3.63) is 35.9 Å². The van der Waals surface area contributed by atoms with Gasteiger partial charge in [0.1, 0.15) is 0 Å². The van der Waals surface area contributed by atoms with E-state index in [1.165, 1.54) is 0 Å². The van der Waals surface area contributed by atoms with Gasteiger partial charge in [0.25, 0.3) is 0 Å². The van der Waals surface area contributed by atoms with Crippen LogP contribution in [0, 0.1) is 11.3 Å². The number of hydrogen-bond acceptors (Lipinski definition) is 3. The van der Waals surface area contributed by atoms with Crippen molar-refractivity contribution in [2.75, 3.05) is 46.9 Å². The molecular formula is C19H29N3O2. The van der Waals surface area contributed by atoms with Gasteiger partial charge in [-0.05, 0) is 43.8 Å². The van der Waals surface area contributed by atoms with Crippen molar-refractivity contribution in [1.29, 1.82) is 0 Å². The van der Waals surface area contributed by atoms with Crippen molar-refractivity contribution in [3.8, 4) is 0 Å². The van der Waals surface area contributed by atoms with Crippen LogP contribution in [0.5, 0.6) is 0 Å². The molecule has 1 aromatic carbocycles. The van der Waals surface area contributed by atoms with Crippen molar-refractivity contribution in [3.63, 3.8) is 0 Å². The number of nitrogens with zero attached hydrogens (tertiary/aromatic N) is 2. The molecule has 1 unspecified atom stereocenters. The second-order valence-corrected chi connectivity index (χ2v) is 7.46. The molecule has 2 amide bonds. The molecule has 1 aromatic rings. The third-order valence-corrected chi connectivity index (χ3v) is 5.46. The largest absolute Gasteiger partial charge is 0.381 e. The SMILES string of the molecule is CN(C)CC1CN(C(=O)NCc2ccccc2)CC12CCOCC2. The first-order valence-corrected chi connectivity index (χ1v) is 8.88. The molecule has 0 radical (unpaired) electrons. The molecule has 0 aromatic heterocycles. The first-order chi connectivity index (χ1) is 11.6. The molecule has 1 spiro atoms. The Morgan fingerprint density at radius 2 is 2.00 bits per heavy atom. The molecule has 2 saturated heterocycles. The van der Waals surface area contributed by atoms with Gasteiger partial charge in [-0.3, -0.25) is 0 Å². The van der Waals surface area contributed by atoms with Crippen molar-refractivity contribution in [2.45, 2.75) is 19.4 Å². The number of benzene rings is 1. The van der Waals surface area contributed by atoms with Gasteiger partial charge in [0.2, 0.25) is 0 Å². The summed E-state index contributed by atoms with van der Waals surface area (Å²) in [5.41, 5.74) is 1.36. The monoisotopic (exact) mass is 331 g/mol. The minimum atomic E-state index is 0.0611. The Hall–Kier alpha value is -1.59. The van der Waals surface area contributed by atoms with E-state index in [-0.39, 0.29) is 11.4 Å². The van der Waals surface area contributed by atoms with Gasteiger partial charge in [-0.2, -0.15) is 0 Å². The Kier molecular flexibility index (Phi) is 5.41. The Labute approximate surface area is 145 Å². The third-order valence-electron chi connectivity index (χ3n) is 5.46. The number of nitrogens with one attached hydrogen (secondary N) is 1. The molecule has 2 aliphatic heterocycles. The zero-order chi connectivity index (χ0) is 17.0. The second-order valence-electron chi connectivity index (χ2n) is 7.46. The Morgan fingerprint density at radius 3 is 2.67 bits per heavy atom. The smallest absolute Gasteiger partial charge is 0.317 e. The number of hydrogen-bond donors (Lipinski definition) is 1. The summed E-state index contributed by atoms with van der Waals surface area (Å²) in [6, 6.07) is 10.1. The van der Waals surface area contributed by atoms with Gasteiger partial charge in [-0.25, -0.2) is 4.79 Å². The molecule has 0 aliphatic carbocycles. The van der Waals surface area contributed by atoms with Crippen LogP contribution >= 0.6 is 0 Å². The van der Waals surface area contributed by atoms with Crippen molar-refractivity contribution >= 4 is 6.03 Å². The molecular weight excluding hydrogens is 302 g/mol. The Morgan fingerprint density at radius 1 is 1.29 bits per heavy atom. The van der Waals surface area contributed by atoms with E-state index in [2.05, 4.69) is 24.3 Å². The van der Waals surface area contributed by atoms with Gasteiger partial charge >= 0.3 is 6.03 Å². The highest BCUT2D eigenvalue weighted by Crippen LogP contribution is 2.44. The number of rotatable bonds is 4. The van der Waals surface area contributed by atoms with E-state index in [0.717, 1.165) is 51.3 Å². The van der Waals surface area contributed by atoms with Crippen molar-refractivity contribution < 1.29 is 9.53 Å². The molecule has 1 N–H and O–H groups in total. The van der Waals surface area contributed by atoms with Crippen molar-refractivity contribution in [2.24, 2.45) is 11.3 Å². The first-order valence-electron chi connectivity index (χ1n) is 8.88. The fourth-order valence-electron chi connectivity index (χ4n) is 4.11. The molecule has 1 atom stereocenters. The number of carbonyl (C=O) groups is 1. The van der Waals surface area contributed by atoms with E-state index in [9.17, 15) is 4.79 Å². The van der Waals surface area contributed by atoms with E-state index in [0.29, 0.717) is 12.5 Å². The van der Waals surface area contributed by atoms with E-state index in [1.807, 2.05) is 35.2 Å². The number of carbonyl (C=O) groups excluding carboxylic acids is 1. The van der Waals surface area contributed by atoms with E-state index < -0.39 is 0 Å². The van der Waals surface area contributed by atoms with Crippen LogP contribution < -0.4 is 5.32 Å². The predicted molar refractivity (Wildman–Crippen MR) is 94.8 cm³/mol. The summed E-state index contributed by atoms with van der Waals surface area (Å²) in [6.07, 6.45) is 2.13. The van der Waals surface area contributed by atoms with Gasteiger partial charge < -0.3 is 19.9 Å². The van der Waals surface area contributed by atoms with Crippen LogP contribution in [-0.4, -0.2) is 62.8 Å². The minimum Gasteiger partial charge on any atom is -0.381 e. The molecule has 2 aliphatic rings. The number of ether oxygens (including phenoxy) is 1. The van der Waals surface area contributed by atoms with Crippen molar-refractivity contribution in [1.82, 2.24) is 15.1 Å². The van der Waals surface area contributed by atoms with Crippen LogP contribution in [0.3, 0.4) is 0 Å². The average Bonchev–Trinajstić information content (AvgIpc) is 2.91. The molecule has 132 valence electrons. The minimum absolute atomic E-state index is 0.0611. The van der Waals surface area contributed by atoms with Gasteiger partial charge in [0, 0.05) is 39.4 Å². The highest BCUT2D eigenvalue weighted by molar-refractivity contribution is 5.74. The summed E-state index contributed by atoms with van der Waals surface area (Å²) in [5, 5.41) is 3.08. The van der Waals surface area contributed by atoms with E-state index in [4.69, 9.17) is 4.74 Å². The zero-order valence-electron chi connectivity index (χ0n) is 14.8. The number of amides is 2. The molecule has 5 heteroatoms. The van der Waals surface area contributed by atoms with Crippen LogP contribution in [0.25, 0.3) is 0 Å². The molecule has 0 bridgehead atoms. The summed E-state index contributed by atoms with van der Waals surface area (Å²) < 4.78 is 5.58. The lowest BCUT2D eigenvalue weighted by Gasteiger charge is -2.38. The Bertz CT molecular complexity index is 541. The van der Waals surface area contributed by atoms with Crippen LogP contribution in [-0.2, 0) is 11.3 Å². The lowest BCUT2D eigenvalue weighted by Crippen LogP contribution is -2.41. The van der Waals surface area contributed by atoms with Gasteiger partial charge in [0.05, 0.1) is 0 Å². The fraction of sp³-hybridized carbons (Fsp3) is 0.632. The summed E-state index contributed by atoms with van der Waals surface area (Å²) in [6.45, 7) is 4.97. The molecule has 3 rings (SSSR count).